The molecule has 0 saturated heterocycles. The number of aryl methyl sites for hydroxylation is 1. The smallest absolute Gasteiger partial charge is 0.126 e. The van der Waals surface area contributed by atoms with E-state index >= 15 is 0 Å². The molecule has 0 aliphatic carbocycles. The highest BCUT2D eigenvalue weighted by Gasteiger charge is 2.16. The second-order valence-electron chi connectivity index (χ2n) is 4.66. The summed E-state index contributed by atoms with van der Waals surface area (Å²) in [5.74, 6) is 4.04. The largest absolute Gasteiger partial charge is 0.271 e. The van der Waals surface area contributed by atoms with Gasteiger partial charge >= 0.3 is 0 Å². The van der Waals surface area contributed by atoms with Gasteiger partial charge in [-0.1, -0.05) is 6.07 Å². The Morgan fingerprint density at radius 3 is 2.40 bits per heavy atom. The minimum absolute atomic E-state index is 0.129. The van der Waals surface area contributed by atoms with Crippen molar-refractivity contribution in [3.05, 3.63) is 70.5 Å². The Kier molecular flexibility index (Phi) is 4.42. The summed E-state index contributed by atoms with van der Waals surface area (Å²) in [6.07, 6.45) is 0.129. The molecule has 0 heterocycles. The van der Waals surface area contributed by atoms with Crippen LogP contribution in [0.3, 0.4) is 0 Å². The Hall–Kier alpha value is -1.85. The monoisotopic (exact) mass is 280 g/mol. The Morgan fingerprint density at radius 2 is 1.70 bits per heavy atom. The van der Waals surface area contributed by atoms with Crippen LogP contribution < -0.4 is 11.3 Å². The van der Waals surface area contributed by atoms with Gasteiger partial charge in [-0.05, 0) is 60.4 Å². The van der Waals surface area contributed by atoms with Crippen molar-refractivity contribution < 1.29 is 13.2 Å². The van der Waals surface area contributed by atoms with Gasteiger partial charge in [0.15, 0.2) is 0 Å². The minimum atomic E-state index is -0.520. The van der Waals surface area contributed by atoms with Gasteiger partial charge in [0.1, 0.15) is 17.5 Å². The van der Waals surface area contributed by atoms with Crippen molar-refractivity contribution in [1.82, 2.24) is 5.43 Å². The molecule has 0 aliphatic rings. The Labute approximate surface area is 115 Å². The maximum absolute atomic E-state index is 13.7. The normalized spacial score (nSPS) is 12.4. The number of hydrogen-bond donors (Lipinski definition) is 2. The summed E-state index contributed by atoms with van der Waals surface area (Å²) in [5, 5.41) is 0. The Balaban J connectivity index is 2.33. The number of benzene rings is 2. The molecule has 106 valence electrons. The van der Waals surface area contributed by atoms with Crippen molar-refractivity contribution in [2.75, 3.05) is 0 Å². The van der Waals surface area contributed by atoms with E-state index in [9.17, 15) is 13.2 Å². The van der Waals surface area contributed by atoms with Crippen LogP contribution in [0.1, 0.15) is 22.7 Å². The van der Waals surface area contributed by atoms with E-state index < -0.39 is 23.5 Å². The van der Waals surface area contributed by atoms with Crippen molar-refractivity contribution >= 4 is 0 Å². The average molecular weight is 280 g/mol. The standard InChI is InChI=1S/C15H15F3N2/c1-9-2-3-12(17)8-13(9)15(20-19)7-10-6-11(16)4-5-14(10)18/h2-6,8,15,20H,7,19H2,1H3. The van der Waals surface area contributed by atoms with Gasteiger partial charge < -0.3 is 0 Å². The zero-order chi connectivity index (χ0) is 14.7. The van der Waals surface area contributed by atoms with Crippen LogP contribution >= 0.6 is 0 Å². The molecule has 20 heavy (non-hydrogen) atoms. The average Bonchev–Trinajstić information content (AvgIpc) is 2.42. The third-order valence-corrected chi connectivity index (χ3v) is 3.25. The first-order chi connectivity index (χ1) is 9.51. The lowest BCUT2D eigenvalue weighted by atomic mass is 9.95. The summed E-state index contributed by atoms with van der Waals surface area (Å²) in [7, 11) is 0. The lowest BCUT2D eigenvalue weighted by Gasteiger charge is -2.19. The summed E-state index contributed by atoms with van der Waals surface area (Å²) in [5.41, 5.74) is 4.16. The number of rotatable bonds is 4. The van der Waals surface area contributed by atoms with Crippen LogP contribution in [0, 0.1) is 24.4 Å². The molecule has 0 bridgehead atoms. The third kappa shape index (κ3) is 3.18. The molecule has 1 unspecified atom stereocenters. The van der Waals surface area contributed by atoms with Crippen LogP contribution in [0.5, 0.6) is 0 Å². The van der Waals surface area contributed by atoms with Gasteiger partial charge in [-0.15, -0.1) is 0 Å². The van der Waals surface area contributed by atoms with Crippen molar-refractivity contribution in [3.63, 3.8) is 0 Å². The highest BCUT2D eigenvalue weighted by molar-refractivity contribution is 5.31. The topological polar surface area (TPSA) is 38.0 Å². The second kappa shape index (κ2) is 6.07. The fourth-order valence-electron chi connectivity index (χ4n) is 2.17. The van der Waals surface area contributed by atoms with E-state index in [2.05, 4.69) is 5.43 Å². The minimum Gasteiger partial charge on any atom is -0.271 e. The molecule has 0 spiro atoms. The SMILES string of the molecule is Cc1ccc(F)cc1C(Cc1cc(F)ccc1F)NN. The molecule has 0 fully saturated rings. The van der Waals surface area contributed by atoms with Crippen LogP contribution in [-0.4, -0.2) is 0 Å². The van der Waals surface area contributed by atoms with Gasteiger partial charge in [-0.2, -0.15) is 0 Å². The first-order valence-electron chi connectivity index (χ1n) is 6.17. The number of hydrogen-bond acceptors (Lipinski definition) is 2. The molecule has 0 amide bonds. The van der Waals surface area contributed by atoms with E-state index in [1.165, 1.54) is 12.1 Å². The van der Waals surface area contributed by atoms with Crippen LogP contribution in [-0.2, 0) is 6.42 Å². The third-order valence-electron chi connectivity index (χ3n) is 3.25. The van der Waals surface area contributed by atoms with E-state index in [0.29, 0.717) is 5.56 Å². The molecular weight excluding hydrogens is 265 g/mol. The van der Waals surface area contributed by atoms with Gasteiger partial charge in [-0.25, -0.2) is 13.2 Å². The van der Waals surface area contributed by atoms with E-state index in [-0.39, 0.29) is 12.0 Å². The van der Waals surface area contributed by atoms with Crippen molar-refractivity contribution in [2.24, 2.45) is 5.84 Å². The lowest BCUT2D eigenvalue weighted by molar-refractivity contribution is 0.517. The molecular formula is C15H15F3N2. The second-order valence-corrected chi connectivity index (χ2v) is 4.66. The fraction of sp³-hybridized carbons (Fsp3) is 0.200. The van der Waals surface area contributed by atoms with E-state index in [4.69, 9.17) is 5.84 Å². The van der Waals surface area contributed by atoms with Crippen LogP contribution in [0.2, 0.25) is 0 Å². The molecule has 0 aliphatic heterocycles. The molecule has 2 aromatic rings. The molecule has 0 aromatic heterocycles. The van der Waals surface area contributed by atoms with Gasteiger partial charge in [0, 0.05) is 0 Å². The van der Waals surface area contributed by atoms with Crippen molar-refractivity contribution in [2.45, 2.75) is 19.4 Å². The van der Waals surface area contributed by atoms with Crippen LogP contribution in [0.15, 0.2) is 36.4 Å². The molecule has 2 rings (SSSR count). The summed E-state index contributed by atoms with van der Waals surface area (Å²) >= 11 is 0. The molecule has 5 heteroatoms. The zero-order valence-electron chi connectivity index (χ0n) is 11.0. The number of halogens is 3. The molecule has 0 radical (unpaired) electrons. The van der Waals surface area contributed by atoms with Crippen LogP contribution in [0.25, 0.3) is 0 Å². The first kappa shape index (κ1) is 14.6. The summed E-state index contributed by atoms with van der Waals surface area (Å²) in [4.78, 5) is 0. The van der Waals surface area contributed by atoms with Gasteiger partial charge in [0.2, 0.25) is 0 Å². The maximum Gasteiger partial charge on any atom is 0.126 e. The predicted molar refractivity (Wildman–Crippen MR) is 71.3 cm³/mol. The zero-order valence-corrected chi connectivity index (χ0v) is 11.0. The quantitative estimate of drug-likeness (QED) is 0.667. The lowest BCUT2D eigenvalue weighted by Crippen LogP contribution is -2.30. The number of nitrogens with two attached hydrogens (primary N) is 1. The van der Waals surface area contributed by atoms with E-state index in [0.717, 1.165) is 23.8 Å². The van der Waals surface area contributed by atoms with E-state index in [1.54, 1.807) is 13.0 Å². The molecule has 2 nitrogen and oxygen atoms in total. The van der Waals surface area contributed by atoms with Crippen molar-refractivity contribution in [1.29, 1.82) is 0 Å². The number of hydrazine groups is 1. The van der Waals surface area contributed by atoms with E-state index in [1.807, 2.05) is 0 Å². The van der Waals surface area contributed by atoms with Gasteiger partial charge in [0.25, 0.3) is 0 Å². The predicted octanol–water partition coefficient (Wildman–Crippen LogP) is 3.16. The molecule has 0 saturated carbocycles. The van der Waals surface area contributed by atoms with Gasteiger partial charge in [-0.3, -0.25) is 11.3 Å². The summed E-state index contributed by atoms with van der Waals surface area (Å²) < 4.78 is 40.1. The maximum atomic E-state index is 13.7. The summed E-state index contributed by atoms with van der Waals surface area (Å²) in [6, 6.07) is 7.05. The molecule has 2 aromatic carbocycles. The molecule has 3 N–H and O–H groups in total. The highest BCUT2D eigenvalue weighted by atomic mass is 19.1. The first-order valence-corrected chi connectivity index (χ1v) is 6.17. The summed E-state index contributed by atoms with van der Waals surface area (Å²) in [6.45, 7) is 1.81. The fourth-order valence-corrected chi connectivity index (χ4v) is 2.17. The number of nitrogens with one attached hydrogen (secondary N) is 1. The molecule has 1 atom stereocenters. The van der Waals surface area contributed by atoms with Gasteiger partial charge in [0.05, 0.1) is 6.04 Å². The highest BCUT2D eigenvalue weighted by Crippen LogP contribution is 2.23. The van der Waals surface area contributed by atoms with Crippen LogP contribution in [0.4, 0.5) is 13.2 Å². The van der Waals surface area contributed by atoms with Crippen molar-refractivity contribution in [3.8, 4) is 0 Å². The Morgan fingerprint density at radius 1 is 1.05 bits per heavy atom. The Bertz CT molecular complexity index is 614.